The third-order valence-corrected chi connectivity index (χ3v) is 6.68. The van der Waals surface area contributed by atoms with Gasteiger partial charge in [0.05, 0.1) is 12.7 Å². The van der Waals surface area contributed by atoms with Crippen LogP contribution in [-0.4, -0.2) is 39.1 Å². The summed E-state index contributed by atoms with van der Waals surface area (Å²) in [4.78, 5) is 40.8. The monoisotopic (exact) mass is 435 g/mol. The van der Waals surface area contributed by atoms with E-state index in [1.54, 1.807) is 28.3 Å². The molecule has 8 nitrogen and oxygen atoms in total. The summed E-state index contributed by atoms with van der Waals surface area (Å²) in [5, 5.41) is 11.9. The maximum atomic E-state index is 13.3. The second-order valence-electron chi connectivity index (χ2n) is 7.74. The number of fused-ring (bicyclic) bond motifs is 2. The Labute approximate surface area is 182 Å². The highest BCUT2D eigenvalue weighted by Crippen LogP contribution is 2.39. The Morgan fingerprint density at radius 1 is 1.19 bits per heavy atom. The van der Waals surface area contributed by atoms with Crippen LogP contribution in [0.5, 0.6) is 0 Å². The zero-order valence-corrected chi connectivity index (χ0v) is 17.5. The first-order valence-corrected chi connectivity index (χ1v) is 11.0. The van der Waals surface area contributed by atoms with Crippen LogP contribution in [0.15, 0.2) is 54.0 Å². The number of imide groups is 1. The van der Waals surface area contributed by atoms with Gasteiger partial charge in [-0.05, 0) is 41.8 Å². The Morgan fingerprint density at radius 3 is 2.90 bits per heavy atom. The molecule has 1 spiro atoms. The SMILES string of the molecule is O=C(CN1C(=O)N[C@]2(CCCc3ccccc32)C1=O)Nc1ccnn1Cc1cccs1. The summed E-state index contributed by atoms with van der Waals surface area (Å²) >= 11 is 1.60. The van der Waals surface area contributed by atoms with E-state index in [-0.39, 0.29) is 12.5 Å². The third kappa shape index (κ3) is 3.40. The van der Waals surface area contributed by atoms with Crippen LogP contribution in [0.3, 0.4) is 0 Å². The predicted octanol–water partition coefficient (Wildman–Crippen LogP) is 2.72. The van der Waals surface area contributed by atoms with Crippen molar-refractivity contribution in [2.75, 3.05) is 11.9 Å². The molecule has 1 fully saturated rings. The number of anilines is 1. The quantitative estimate of drug-likeness (QED) is 0.603. The topological polar surface area (TPSA) is 96.3 Å². The Hall–Kier alpha value is -3.46. The smallest absolute Gasteiger partial charge is 0.319 e. The van der Waals surface area contributed by atoms with Crippen molar-refractivity contribution >= 4 is 35.0 Å². The summed E-state index contributed by atoms with van der Waals surface area (Å²) < 4.78 is 1.68. The molecule has 1 aliphatic heterocycles. The van der Waals surface area contributed by atoms with E-state index in [0.29, 0.717) is 18.8 Å². The molecule has 2 aliphatic rings. The van der Waals surface area contributed by atoms with Gasteiger partial charge in [-0.25, -0.2) is 9.48 Å². The summed E-state index contributed by atoms with van der Waals surface area (Å²) in [7, 11) is 0. The number of hydrogen-bond acceptors (Lipinski definition) is 5. The van der Waals surface area contributed by atoms with Gasteiger partial charge in [-0.15, -0.1) is 11.3 Å². The van der Waals surface area contributed by atoms with E-state index >= 15 is 0 Å². The molecule has 1 aromatic carbocycles. The number of nitrogens with zero attached hydrogens (tertiary/aromatic N) is 3. The van der Waals surface area contributed by atoms with E-state index in [0.717, 1.165) is 33.7 Å². The number of aromatic nitrogens is 2. The number of aryl methyl sites for hydroxylation is 1. The summed E-state index contributed by atoms with van der Waals surface area (Å²) in [6, 6.07) is 12.8. The van der Waals surface area contributed by atoms with Gasteiger partial charge in [-0.1, -0.05) is 30.3 Å². The Balaban J connectivity index is 1.32. The van der Waals surface area contributed by atoms with E-state index in [1.165, 1.54) is 0 Å². The highest BCUT2D eigenvalue weighted by molar-refractivity contribution is 7.09. The summed E-state index contributed by atoms with van der Waals surface area (Å²) in [5.74, 6) is -0.298. The molecule has 2 N–H and O–H groups in total. The van der Waals surface area contributed by atoms with Crippen LogP contribution in [0, 0.1) is 0 Å². The molecule has 0 radical (unpaired) electrons. The molecule has 9 heteroatoms. The lowest BCUT2D eigenvalue weighted by Gasteiger charge is -2.33. The molecule has 5 rings (SSSR count). The lowest BCUT2D eigenvalue weighted by molar-refractivity contribution is -0.134. The van der Waals surface area contributed by atoms with Gasteiger partial charge in [0.1, 0.15) is 17.9 Å². The molecule has 1 saturated heterocycles. The minimum atomic E-state index is -1.08. The summed E-state index contributed by atoms with van der Waals surface area (Å²) in [6.07, 6.45) is 3.80. The number of carbonyl (C=O) groups is 3. The maximum Gasteiger partial charge on any atom is 0.325 e. The summed E-state index contributed by atoms with van der Waals surface area (Å²) in [5.41, 5.74) is 0.815. The number of nitrogens with one attached hydrogen (secondary N) is 2. The first-order valence-electron chi connectivity index (χ1n) is 10.1. The van der Waals surface area contributed by atoms with Gasteiger partial charge in [-0.3, -0.25) is 14.5 Å². The van der Waals surface area contributed by atoms with Crippen molar-refractivity contribution in [2.24, 2.45) is 0 Å². The van der Waals surface area contributed by atoms with Gasteiger partial charge in [0, 0.05) is 10.9 Å². The minimum Gasteiger partial charge on any atom is -0.319 e. The number of thiophene rings is 1. The highest BCUT2D eigenvalue weighted by atomic mass is 32.1. The van der Waals surface area contributed by atoms with Crippen molar-refractivity contribution in [3.8, 4) is 0 Å². The van der Waals surface area contributed by atoms with E-state index < -0.39 is 17.5 Å². The lowest BCUT2D eigenvalue weighted by Crippen LogP contribution is -2.47. The van der Waals surface area contributed by atoms with Gasteiger partial charge in [-0.2, -0.15) is 5.10 Å². The standard InChI is InChI=1S/C22H21N5O3S/c28-19(24-18-9-11-23-27(18)13-16-7-4-12-31-16)14-26-20(29)22(25-21(26)30)10-3-6-15-5-1-2-8-17(15)22/h1-2,4-5,7-9,11-12H,3,6,10,13-14H2,(H,24,28)(H,25,30)/t22-/m0/s1. The van der Waals surface area contributed by atoms with Crippen molar-refractivity contribution in [3.63, 3.8) is 0 Å². The fraction of sp³-hybridized carbons (Fsp3) is 0.273. The van der Waals surface area contributed by atoms with Gasteiger partial charge >= 0.3 is 6.03 Å². The second kappa shape index (κ2) is 7.66. The van der Waals surface area contributed by atoms with Crippen molar-refractivity contribution in [3.05, 3.63) is 70.0 Å². The Bertz CT molecular complexity index is 1160. The number of amides is 4. The third-order valence-electron chi connectivity index (χ3n) is 5.82. The number of urea groups is 1. The fourth-order valence-electron chi connectivity index (χ4n) is 4.40. The van der Waals surface area contributed by atoms with E-state index in [9.17, 15) is 14.4 Å². The van der Waals surface area contributed by atoms with Crippen LogP contribution in [0.4, 0.5) is 10.6 Å². The van der Waals surface area contributed by atoms with Crippen LogP contribution < -0.4 is 10.6 Å². The molecule has 0 unspecified atom stereocenters. The Kier molecular flexibility index (Phi) is 4.82. The van der Waals surface area contributed by atoms with Gasteiger partial charge in [0.2, 0.25) is 5.91 Å². The average molecular weight is 436 g/mol. The number of benzene rings is 1. The van der Waals surface area contributed by atoms with Gasteiger partial charge in [0.15, 0.2) is 0 Å². The summed E-state index contributed by atoms with van der Waals surface area (Å²) in [6.45, 7) is 0.183. The van der Waals surface area contributed by atoms with Gasteiger partial charge < -0.3 is 10.6 Å². The highest BCUT2D eigenvalue weighted by Gasteiger charge is 2.54. The molecule has 1 atom stereocenters. The van der Waals surface area contributed by atoms with Crippen LogP contribution in [0.25, 0.3) is 0 Å². The van der Waals surface area contributed by atoms with E-state index in [4.69, 9.17) is 0 Å². The van der Waals surface area contributed by atoms with Crippen LogP contribution in [0.1, 0.15) is 28.8 Å². The molecule has 158 valence electrons. The fourth-order valence-corrected chi connectivity index (χ4v) is 5.08. The maximum absolute atomic E-state index is 13.3. The van der Waals surface area contributed by atoms with Crippen molar-refractivity contribution in [1.29, 1.82) is 0 Å². The molecular formula is C22H21N5O3S. The largest absolute Gasteiger partial charge is 0.325 e. The minimum absolute atomic E-state index is 0.348. The van der Waals surface area contributed by atoms with Crippen molar-refractivity contribution in [1.82, 2.24) is 20.0 Å². The molecule has 31 heavy (non-hydrogen) atoms. The number of hydrogen-bond donors (Lipinski definition) is 2. The van der Waals surface area contributed by atoms with Crippen LogP contribution in [-0.2, 0) is 28.1 Å². The van der Waals surface area contributed by atoms with E-state index in [1.807, 2.05) is 41.8 Å². The van der Waals surface area contributed by atoms with Gasteiger partial charge in [0.25, 0.3) is 5.91 Å². The number of carbonyl (C=O) groups excluding carboxylic acids is 3. The zero-order chi connectivity index (χ0) is 21.4. The van der Waals surface area contributed by atoms with Crippen LogP contribution in [0.2, 0.25) is 0 Å². The average Bonchev–Trinajstić information content (AvgIpc) is 3.48. The molecule has 2 aromatic heterocycles. The first-order chi connectivity index (χ1) is 15.1. The molecule has 0 saturated carbocycles. The predicted molar refractivity (Wildman–Crippen MR) is 116 cm³/mol. The lowest BCUT2D eigenvalue weighted by atomic mass is 9.76. The molecule has 0 bridgehead atoms. The molecule has 3 heterocycles. The molecule has 4 amide bonds. The molecule has 1 aliphatic carbocycles. The number of rotatable bonds is 5. The van der Waals surface area contributed by atoms with Crippen molar-refractivity contribution < 1.29 is 14.4 Å². The second-order valence-corrected chi connectivity index (χ2v) is 8.77. The molecule has 3 aromatic rings. The van der Waals surface area contributed by atoms with E-state index in [2.05, 4.69) is 15.7 Å². The normalized spacial score (nSPS) is 20.1. The zero-order valence-electron chi connectivity index (χ0n) is 16.7. The first kappa shape index (κ1) is 19.5. The molecular weight excluding hydrogens is 414 g/mol. The van der Waals surface area contributed by atoms with Crippen molar-refractivity contribution in [2.45, 2.75) is 31.3 Å². The Morgan fingerprint density at radius 2 is 2.06 bits per heavy atom. The van der Waals surface area contributed by atoms with Crippen LogP contribution >= 0.6 is 11.3 Å².